The second kappa shape index (κ2) is 12.3. The first-order chi connectivity index (χ1) is 17.6. The average Bonchev–Trinajstić information content (AvgIpc) is 2.88. The normalized spacial score (nSPS) is 12.0. The molecule has 0 aliphatic heterocycles. The van der Waals surface area contributed by atoms with E-state index in [4.69, 9.17) is 11.6 Å². The molecule has 0 radical (unpaired) electrons. The van der Waals surface area contributed by atoms with Gasteiger partial charge < -0.3 is 10.2 Å². The van der Waals surface area contributed by atoms with Crippen molar-refractivity contribution in [2.75, 3.05) is 17.9 Å². The summed E-state index contributed by atoms with van der Waals surface area (Å²) in [7, 11) is -2.61. The molecule has 3 aromatic carbocycles. The number of hydrogen-bond donors (Lipinski definition) is 1. The number of carbonyl (C=O) groups excluding carboxylic acids is 2. The van der Waals surface area contributed by atoms with Gasteiger partial charge in [-0.1, -0.05) is 72.1 Å². The molecule has 1 N–H and O–H groups in total. The van der Waals surface area contributed by atoms with E-state index >= 15 is 0 Å². The summed E-state index contributed by atoms with van der Waals surface area (Å²) in [4.78, 5) is 28.1. The van der Waals surface area contributed by atoms with Crippen LogP contribution >= 0.6 is 11.6 Å². The number of rotatable bonds is 10. The van der Waals surface area contributed by atoms with Crippen molar-refractivity contribution < 1.29 is 18.0 Å². The third kappa shape index (κ3) is 6.90. The molecule has 0 aliphatic rings. The zero-order chi connectivity index (χ0) is 27.2. The van der Waals surface area contributed by atoms with E-state index in [1.165, 1.54) is 30.1 Å². The van der Waals surface area contributed by atoms with Crippen molar-refractivity contribution in [3.63, 3.8) is 0 Å². The zero-order valence-electron chi connectivity index (χ0n) is 21.4. The Kier molecular flexibility index (Phi) is 9.34. The molecule has 2 amide bonds. The Morgan fingerprint density at radius 2 is 1.54 bits per heavy atom. The molecule has 1 atom stereocenters. The van der Waals surface area contributed by atoms with Crippen LogP contribution in [0.15, 0.2) is 77.7 Å². The molecule has 3 rings (SSSR count). The van der Waals surface area contributed by atoms with Crippen LogP contribution in [-0.4, -0.2) is 44.8 Å². The van der Waals surface area contributed by atoms with Crippen molar-refractivity contribution in [3.05, 3.63) is 94.5 Å². The lowest BCUT2D eigenvalue weighted by atomic mass is 10.1. The van der Waals surface area contributed by atoms with Gasteiger partial charge in [-0.15, -0.1) is 0 Å². The summed E-state index contributed by atoms with van der Waals surface area (Å²) < 4.78 is 28.6. The van der Waals surface area contributed by atoms with Gasteiger partial charge in [0.2, 0.25) is 11.8 Å². The number of benzene rings is 3. The Morgan fingerprint density at radius 3 is 2.08 bits per heavy atom. The number of halogens is 1. The molecular weight excluding hydrogens is 510 g/mol. The van der Waals surface area contributed by atoms with Crippen LogP contribution < -0.4 is 9.62 Å². The van der Waals surface area contributed by atoms with Crippen LogP contribution in [0.2, 0.25) is 5.02 Å². The zero-order valence-corrected chi connectivity index (χ0v) is 23.0. The van der Waals surface area contributed by atoms with Crippen molar-refractivity contribution in [1.29, 1.82) is 0 Å². The number of hydrogen-bond acceptors (Lipinski definition) is 4. The van der Waals surface area contributed by atoms with Crippen molar-refractivity contribution in [2.45, 2.75) is 44.7 Å². The van der Waals surface area contributed by atoms with Crippen LogP contribution in [0.5, 0.6) is 0 Å². The minimum atomic E-state index is -4.13. The lowest BCUT2D eigenvalue weighted by Crippen LogP contribution is -2.51. The quantitative estimate of drug-likeness (QED) is 0.403. The number of amides is 2. The number of aryl methyl sites for hydroxylation is 2. The van der Waals surface area contributed by atoms with Crippen LogP contribution in [-0.2, 0) is 26.2 Å². The summed E-state index contributed by atoms with van der Waals surface area (Å²) in [5.41, 5.74) is 3.06. The Morgan fingerprint density at radius 1 is 0.946 bits per heavy atom. The molecule has 0 heterocycles. The minimum Gasteiger partial charge on any atom is -0.357 e. The highest BCUT2D eigenvalue weighted by Gasteiger charge is 2.33. The Labute approximate surface area is 224 Å². The maximum Gasteiger partial charge on any atom is 0.264 e. The van der Waals surface area contributed by atoms with Gasteiger partial charge in [0.25, 0.3) is 10.0 Å². The highest BCUT2D eigenvalue weighted by atomic mass is 35.5. The van der Waals surface area contributed by atoms with Gasteiger partial charge in [-0.25, -0.2) is 8.42 Å². The van der Waals surface area contributed by atoms with E-state index in [9.17, 15) is 18.0 Å². The number of carbonyl (C=O) groups is 2. The average molecular weight is 542 g/mol. The maximum absolute atomic E-state index is 13.8. The van der Waals surface area contributed by atoms with Gasteiger partial charge in [0.15, 0.2) is 0 Å². The molecular formula is C28H32ClN3O4S. The molecule has 0 bridgehead atoms. The molecule has 3 aromatic rings. The topological polar surface area (TPSA) is 86.8 Å². The third-order valence-corrected chi connectivity index (χ3v) is 8.11. The monoisotopic (exact) mass is 541 g/mol. The highest BCUT2D eigenvalue weighted by molar-refractivity contribution is 7.92. The fourth-order valence-corrected chi connectivity index (χ4v) is 5.56. The van der Waals surface area contributed by atoms with Crippen molar-refractivity contribution in [1.82, 2.24) is 10.2 Å². The Balaban J connectivity index is 2.05. The van der Waals surface area contributed by atoms with E-state index in [2.05, 4.69) is 5.32 Å². The standard InChI is InChI=1S/C28H32ClN3O4S/c1-5-26(28(34)30-4)31(18-22-13-9-20(2)10-14-22)27(33)19-32(24-8-6-7-23(29)17-24)37(35,36)25-15-11-21(3)12-16-25/h6-17,26H,5,18-19H2,1-4H3,(H,30,34)/t26-/m0/s1. The molecule has 0 unspecified atom stereocenters. The van der Waals surface area contributed by atoms with Crippen LogP contribution in [0.4, 0.5) is 5.69 Å². The third-order valence-electron chi connectivity index (χ3n) is 6.09. The van der Waals surface area contributed by atoms with E-state index < -0.39 is 28.5 Å². The SMILES string of the molecule is CC[C@@H](C(=O)NC)N(Cc1ccc(C)cc1)C(=O)CN(c1cccc(Cl)c1)S(=O)(=O)c1ccc(C)cc1. The predicted molar refractivity (Wildman–Crippen MR) is 147 cm³/mol. The van der Waals surface area contributed by atoms with E-state index in [1.807, 2.05) is 45.0 Å². The van der Waals surface area contributed by atoms with Crippen molar-refractivity contribution >= 4 is 39.1 Å². The van der Waals surface area contributed by atoms with Crippen LogP contribution in [0, 0.1) is 13.8 Å². The van der Waals surface area contributed by atoms with Gasteiger partial charge in [-0.05, 0) is 56.2 Å². The minimum absolute atomic E-state index is 0.0503. The summed E-state index contributed by atoms with van der Waals surface area (Å²) in [6.45, 7) is 5.29. The van der Waals surface area contributed by atoms with Gasteiger partial charge in [0.1, 0.15) is 12.6 Å². The maximum atomic E-state index is 13.8. The second-order valence-electron chi connectivity index (χ2n) is 8.85. The smallest absolute Gasteiger partial charge is 0.264 e. The summed E-state index contributed by atoms with van der Waals surface area (Å²) >= 11 is 6.19. The van der Waals surface area contributed by atoms with Crippen LogP contribution in [0.25, 0.3) is 0 Å². The Bertz CT molecular complexity index is 1340. The summed E-state index contributed by atoms with van der Waals surface area (Å²) in [5.74, 6) is -0.828. The number of nitrogens with one attached hydrogen (secondary N) is 1. The number of nitrogens with zero attached hydrogens (tertiary/aromatic N) is 2. The van der Waals surface area contributed by atoms with Crippen molar-refractivity contribution in [2.24, 2.45) is 0 Å². The van der Waals surface area contributed by atoms with Gasteiger partial charge in [-0.2, -0.15) is 0 Å². The van der Waals surface area contributed by atoms with Gasteiger partial charge in [0.05, 0.1) is 10.6 Å². The fraction of sp³-hybridized carbons (Fsp3) is 0.286. The molecule has 0 spiro atoms. The highest BCUT2D eigenvalue weighted by Crippen LogP contribution is 2.27. The van der Waals surface area contributed by atoms with E-state index in [0.717, 1.165) is 21.0 Å². The summed E-state index contributed by atoms with van der Waals surface area (Å²) in [6.07, 6.45) is 0.360. The summed E-state index contributed by atoms with van der Waals surface area (Å²) in [5, 5.41) is 2.95. The van der Waals surface area contributed by atoms with E-state index in [1.54, 1.807) is 30.3 Å². The van der Waals surface area contributed by atoms with Crippen molar-refractivity contribution in [3.8, 4) is 0 Å². The first-order valence-electron chi connectivity index (χ1n) is 12.0. The molecule has 7 nitrogen and oxygen atoms in total. The van der Waals surface area contributed by atoms with Gasteiger partial charge in [-0.3, -0.25) is 13.9 Å². The van der Waals surface area contributed by atoms with Crippen LogP contribution in [0.1, 0.15) is 30.0 Å². The summed E-state index contributed by atoms with van der Waals surface area (Å²) in [6, 6.07) is 19.6. The fourth-order valence-electron chi connectivity index (χ4n) is 3.97. The molecule has 37 heavy (non-hydrogen) atoms. The molecule has 0 saturated carbocycles. The largest absolute Gasteiger partial charge is 0.357 e. The predicted octanol–water partition coefficient (Wildman–Crippen LogP) is 4.71. The lowest BCUT2D eigenvalue weighted by Gasteiger charge is -2.33. The molecule has 0 aromatic heterocycles. The number of sulfonamides is 1. The molecule has 0 aliphatic carbocycles. The molecule has 0 saturated heterocycles. The molecule has 0 fully saturated rings. The second-order valence-corrected chi connectivity index (χ2v) is 11.1. The molecule has 196 valence electrons. The van der Waals surface area contributed by atoms with Gasteiger partial charge >= 0.3 is 0 Å². The van der Waals surface area contributed by atoms with Crippen LogP contribution in [0.3, 0.4) is 0 Å². The number of anilines is 1. The first kappa shape index (κ1) is 28.2. The number of likely N-dealkylation sites (N-methyl/N-ethyl adjacent to an activating group) is 1. The first-order valence-corrected chi connectivity index (χ1v) is 13.8. The van der Waals surface area contributed by atoms with E-state index in [0.29, 0.717) is 11.4 Å². The lowest BCUT2D eigenvalue weighted by molar-refractivity contribution is -0.140. The molecule has 9 heteroatoms. The van der Waals surface area contributed by atoms with E-state index in [-0.39, 0.29) is 23.0 Å². The van der Waals surface area contributed by atoms with Gasteiger partial charge in [0, 0.05) is 18.6 Å². The Hall–Kier alpha value is -3.36.